The number of rotatable bonds is 6. The van der Waals surface area contributed by atoms with Crippen LogP contribution in [0.4, 0.5) is 0 Å². The Kier molecular flexibility index (Phi) is 5.68. The fourth-order valence-electron chi connectivity index (χ4n) is 7.65. The number of methoxy groups -OCH3 is 1. The number of fused-ring (bicyclic) bond motifs is 1. The number of carbonyl (C=O) groups excluding carboxylic acids is 3. The summed E-state index contributed by atoms with van der Waals surface area (Å²) in [5.41, 5.74) is -0.726. The van der Waals surface area contributed by atoms with Gasteiger partial charge in [-0.2, -0.15) is 0 Å². The lowest BCUT2D eigenvalue weighted by Gasteiger charge is -2.71. The van der Waals surface area contributed by atoms with E-state index >= 15 is 0 Å². The van der Waals surface area contributed by atoms with E-state index in [1.54, 1.807) is 31.4 Å². The summed E-state index contributed by atoms with van der Waals surface area (Å²) in [6.07, 6.45) is 5.40. The lowest BCUT2D eigenvalue weighted by Crippen LogP contribution is -2.81. The highest BCUT2D eigenvalue weighted by molar-refractivity contribution is 6.36. The lowest BCUT2D eigenvalue weighted by atomic mass is 9.31. The average Bonchev–Trinajstić information content (AvgIpc) is 2.79. The van der Waals surface area contributed by atoms with E-state index in [2.05, 4.69) is 27.7 Å². The molecule has 33 heavy (non-hydrogen) atoms. The van der Waals surface area contributed by atoms with Crippen LogP contribution in [0.2, 0.25) is 0 Å². The molecule has 4 atom stereocenters. The highest BCUT2D eigenvalue weighted by Gasteiger charge is 2.83. The predicted molar refractivity (Wildman–Crippen MR) is 129 cm³/mol. The molecule has 0 heterocycles. The van der Waals surface area contributed by atoms with E-state index in [1.807, 2.05) is 19.1 Å². The maximum atomic E-state index is 14.7. The predicted octanol–water partition coefficient (Wildman–Crippen LogP) is 6.06. The first-order valence-electron chi connectivity index (χ1n) is 12.2. The molecule has 4 bridgehead atoms. The molecule has 0 unspecified atom stereocenters. The smallest absolute Gasteiger partial charge is 0.184 e. The van der Waals surface area contributed by atoms with Crippen molar-refractivity contribution in [3.63, 3.8) is 0 Å². The van der Waals surface area contributed by atoms with E-state index in [1.165, 1.54) is 11.1 Å². The second kappa shape index (κ2) is 7.87. The number of carbonyl (C=O) groups is 3. The zero-order valence-electron chi connectivity index (χ0n) is 20.8. The van der Waals surface area contributed by atoms with E-state index in [-0.39, 0.29) is 23.8 Å². The summed E-state index contributed by atoms with van der Waals surface area (Å²) >= 11 is 0. The van der Waals surface area contributed by atoms with Gasteiger partial charge in [0, 0.05) is 23.7 Å². The quantitative estimate of drug-likeness (QED) is 0.230. The normalized spacial score (nSPS) is 36.4. The second-order valence-corrected chi connectivity index (χ2v) is 10.7. The molecule has 0 radical (unpaired) electrons. The number of hydrogen-bond donors (Lipinski definition) is 0. The van der Waals surface area contributed by atoms with Gasteiger partial charge >= 0.3 is 0 Å². The Morgan fingerprint density at radius 2 is 1.76 bits per heavy atom. The van der Waals surface area contributed by atoms with Crippen LogP contribution in [0.15, 0.2) is 53.1 Å². The van der Waals surface area contributed by atoms with Crippen molar-refractivity contribution in [3.05, 3.63) is 58.7 Å². The zero-order valence-corrected chi connectivity index (χ0v) is 20.8. The van der Waals surface area contributed by atoms with Crippen molar-refractivity contribution < 1.29 is 19.1 Å². The van der Waals surface area contributed by atoms with Gasteiger partial charge in [-0.15, -0.1) is 0 Å². The molecule has 4 nitrogen and oxygen atoms in total. The molecular weight excluding hydrogens is 412 g/mol. The molecular formula is C29H36O4. The molecule has 1 aromatic carbocycles. The van der Waals surface area contributed by atoms with Gasteiger partial charge in [0.25, 0.3) is 0 Å². The second-order valence-electron chi connectivity index (χ2n) is 10.7. The number of benzene rings is 1. The summed E-state index contributed by atoms with van der Waals surface area (Å²) in [6, 6.07) is 8.87. The summed E-state index contributed by atoms with van der Waals surface area (Å²) in [5, 5.41) is 0. The van der Waals surface area contributed by atoms with Crippen LogP contribution in [-0.4, -0.2) is 30.1 Å². The summed E-state index contributed by atoms with van der Waals surface area (Å²) in [5.74, 6) is -0.909. The fourth-order valence-corrected chi connectivity index (χ4v) is 7.65. The first-order valence-corrected chi connectivity index (χ1v) is 12.2. The Balaban J connectivity index is 2.11. The minimum Gasteiger partial charge on any atom is -0.372 e. The van der Waals surface area contributed by atoms with Gasteiger partial charge in [0.1, 0.15) is 5.60 Å². The van der Waals surface area contributed by atoms with Crippen molar-refractivity contribution in [2.45, 2.75) is 78.7 Å². The zero-order chi connectivity index (χ0) is 24.2. The van der Waals surface area contributed by atoms with Crippen LogP contribution in [0.25, 0.3) is 0 Å². The maximum absolute atomic E-state index is 14.7. The van der Waals surface area contributed by atoms with Gasteiger partial charge in [0.15, 0.2) is 22.8 Å². The van der Waals surface area contributed by atoms with Gasteiger partial charge in [0.05, 0.1) is 5.41 Å². The van der Waals surface area contributed by atoms with Crippen LogP contribution in [-0.2, 0) is 14.3 Å². The van der Waals surface area contributed by atoms with Crippen molar-refractivity contribution in [3.8, 4) is 0 Å². The monoisotopic (exact) mass is 448 g/mol. The molecule has 0 aromatic heterocycles. The van der Waals surface area contributed by atoms with Crippen LogP contribution >= 0.6 is 0 Å². The molecule has 1 aromatic rings. The summed E-state index contributed by atoms with van der Waals surface area (Å²) in [7, 11) is 1.65. The van der Waals surface area contributed by atoms with Crippen LogP contribution in [0, 0.1) is 16.2 Å². The average molecular weight is 449 g/mol. The Morgan fingerprint density at radius 1 is 1.09 bits per heavy atom. The Hall–Kier alpha value is -2.33. The molecule has 4 heteroatoms. The van der Waals surface area contributed by atoms with Crippen molar-refractivity contribution in [2.75, 3.05) is 7.11 Å². The first-order chi connectivity index (χ1) is 15.6. The molecule has 176 valence electrons. The largest absolute Gasteiger partial charge is 0.372 e. The number of Topliss-reactive ketones (excluding diaryl/α,β-unsaturated/α-hetero) is 3. The maximum Gasteiger partial charge on any atom is 0.184 e. The number of ether oxygens (including phenoxy) is 1. The standard InChI is InChI=1S/C29H36O4/c1-7-12-22-24(31)28(23(30)20-13-10-9-11-14-20)18-26(5)16-21(19(3)4)17-27(15-8-2,25(28)32)29(22,26)33-6/h9-14H,7-8,15-18H2,1-6H3/b22-12+/t26-,27+,28-,29-/m0/s1. The minimum absolute atomic E-state index is 0.197. The third kappa shape index (κ3) is 2.70. The SMILES string of the molecule is CC/C=C1\C(=O)[C@@]2(C(=O)c3ccccc3)C[C@]3(C)CC(=C(C)C)C[C@](CCC)(C2=O)[C@]13OC. The minimum atomic E-state index is -1.68. The molecule has 4 fully saturated rings. The first kappa shape index (κ1) is 23.8. The van der Waals surface area contributed by atoms with E-state index in [9.17, 15) is 14.4 Å². The van der Waals surface area contributed by atoms with Gasteiger partial charge in [-0.3, -0.25) is 14.4 Å². The Labute approximate surface area is 197 Å². The van der Waals surface area contributed by atoms with Crippen molar-refractivity contribution in [1.29, 1.82) is 0 Å². The summed E-state index contributed by atoms with van der Waals surface area (Å²) in [4.78, 5) is 43.1. The van der Waals surface area contributed by atoms with Gasteiger partial charge in [-0.25, -0.2) is 0 Å². The highest BCUT2D eigenvalue weighted by Crippen LogP contribution is 2.75. The van der Waals surface area contributed by atoms with Crippen molar-refractivity contribution in [2.24, 2.45) is 16.2 Å². The Bertz CT molecular complexity index is 1080. The van der Waals surface area contributed by atoms with Crippen LogP contribution in [0.1, 0.15) is 83.5 Å². The lowest BCUT2D eigenvalue weighted by molar-refractivity contribution is -0.231. The van der Waals surface area contributed by atoms with Crippen LogP contribution in [0.5, 0.6) is 0 Å². The third-order valence-corrected chi connectivity index (χ3v) is 8.65. The molecule has 0 amide bonds. The van der Waals surface area contributed by atoms with Gasteiger partial charge in [-0.05, 0) is 46.0 Å². The number of hydrogen-bond acceptors (Lipinski definition) is 4. The summed E-state index contributed by atoms with van der Waals surface area (Å²) in [6.45, 7) is 10.4. The third-order valence-electron chi connectivity index (χ3n) is 8.65. The van der Waals surface area contributed by atoms with E-state index in [0.29, 0.717) is 30.4 Å². The van der Waals surface area contributed by atoms with Crippen molar-refractivity contribution in [1.82, 2.24) is 0 Å². The highest BCUT2D eigenvalue weighted by atomic mass is 16.5. The van der Waals surface area contributed by atoms with Gasteiger partial charge in [0.2, 0.25) is 0 Å². The van der Waals surface area contributed by atoms with E-state index in [4.69, 9.17) is 4.74 Å². The van der Waals surface area contributed by atoms with Crippen molar-refractivity contribution >= 4 is 17.3 Å². The number of allylic oxidation sites excluding steroid dienone is 3. The molecule has 0 N–H and O–H groups in total. The Morgan fingerprint density at radius 3 is 2.30 bits per heavy atom. The molecule has 0 saturated heterocycles. The van der Waals surface area contributed by atoms with E-state index in [0.717, 1.165) is 12.8 Å². The fraction of sp³-hybridized carbons (Fsp3) is 0.552. The molecule has 4 saturated carbocycles. The molecule has 0 spiro atoms. The van der Waals surface area contributed by atoms with Crippen LogP contribution < -0.4 is 0 Å². The molecule has 4 aliphatic rings. The van der Waals surface area contributed by atoms with Gasteiger partial charge < -0.3 is 4.74 Å². The topological polar surface area (TPSA) is 60.4 Å². The summed E-state index contributed by atoms with van der Waals surface area (Å²) < 4.78 is 6.41. The van der Waals surface area contributed by atoms with E-state index < -0.39 is 21.8 Å². The molecule has 0 aliphatic heterocycles. The molecule has 5 rings (SSSR count). The van der Waals surface area contributed by atoms with Crippen LogP contribution in [0.3, 0.4) is 0 Å². The van der Waals surface area contributed by atoms with Gasteiger partial charge in [-0.1, -0.05) is 74.7 Å². The molecule has 4 aliphatic carbocycles. The number of ketones is 3.